The Bertz CT molecular complexity index is 1190. The summed E-state index contributed by atoms with van der Waals surface area (Å²) in [6.07, 6.45) is 42.0. The second-order valence-corrected chi connectivity index (χ2v) is 15.5. The number of hydrogen-bond donors (Lipinski definition) is 4. The normalized spacial score (nSPS) is 20.7. The van der Waals surface area contributed by atoms with E-state index in [1.807, 2.05) is 6.08 Å². The number of carbonyl (C=O) groups is 2. The number of unbranched alkanes of at least 4 members (excludes halogenated alkanes) is 14. The summed E-state index contributed by atoms with van der Waals surface area (Å²) in [6, 6.07) is 0. The molecule has 0 amide bonds. The van der Waals surface area contributed by atoms with E-state index in [4.69, 9.17) is 18.9 Å². The van der Waals surface area contributed by atoms with Gasteiger partial charge in [-0.15, -0.1) is 0 Å². The standard InChI is InChI=1S/C49H82O10/c1-3-5-7-9-11-13-15-17-19-21-23-25-27-29-31-33-35-37-44(51)56-40-42(41-57-49-48(55)47(54)46(53)43(39-50)59-49)58-45(52)38-36-34-32-30-28-26-24-22-20-18-16-14-12-10-8-6-4-2/h6,8,12-15,18,20,24,26,30,32,42-43,46-50,53-55H,3-5,7,9-11,16-17,19,21-23,25,27-29,31,33-41H2,1-2H3/b8-6+,14-12+,15-13+,20-18+,26-24+,32-30+/t42-,43-,46+,47?,48?,49-/m0/s1. The molecule has 0 saturated carbocycles. The number of hydrogen-bond acceptors (Lipinski definition) is 10. The summed E-state index contributed by atoms with van der Waals surface area (Å²) in [5.74, 6) is -0.881. The van der Waals surface area contributed by atoms with E-state index in [1.165, 1.54) is 70.6 Å². The first-order valence-corrected chi connectivity index (χ1v) is 23.0. The van der Waals surface area contributed by atoms with Crippen LogP contribution in [0.5, 0.6) is 0 Å². The highest BCUT2D eigenvalue weighted by Gasteiger charge is 2.44. The highest BCUT2D eigenvalue weighted by molar-refractivity contribution is 5.70. The molecule has 1 aliphatic heterocycles. The van der Waals surface area contributed by atoms with Crippen LogP contribution < -0.4 is 0 Å². The van der Waals surface area contributed by atoms with Crippen LogP contribution in [0, 0.1) is 0 Å². The van der Waals surface area contributed by atoms with E-state index in [9.17, 15) is 30.0 Å². The first kappa shape index (κ1) is 54.2. The average molecular weight is 831 g/mol. The van der Waals surface area contributed by atoms with Gasteiger partial charge >= 0.3 is 11.9 Å². The van der Waals surface area contributed by atoms with Crippen LogP contribution in [0.1, 0.15) is 168 Å². The summed E-state index contributed by atoms with van der Waals surface area (Å²) in [5.41, 5.74) is 0. The number of ether oxygens (including phenoxy) is 4. The molecule has 1 rings (SSSR count). The number of esters is 2. The lowest BCUT2D eigenvalue weighted by atomic mass is 9.99. The molecular weight excluding hydrogens is 749 g/mol. The Morgan fingerprint density at radius 3 is 1.58 bits per heavy atom. The van der Waals surface area contributed by atoms with Crippen molar-refractivity contribution in [2.45, 2.75) is 205 Å². The quantitative estimate of drug-likeness (QED) is 0.0271. The fourth-order valence-corrected chi connectivity index (χ4v) is 6.45. The maximum absolute atomic E-state index is 12.8. The molecule has 10 heteroatoms. The maximum Gasteiger partial charge on any atom is 0.306 e. The Morgan fingerprint density at radius 1 is 0.542 bits per heavy atom. The lowest BCUT2D eigenvalue weighted by Crippen LogP contribution is -2.59. The van der Waals surface area contributed by atoms with E-state index in [0.29, 0.717) is 19.3 Å². The molecule has 0 radical (unpaired) electrons. The minimum absolute atomic E-state index is 0.148. The van der Waals surface area contributed by atoms with Gasteiger partial charge in [-0.1, -0.05) is 151 Å². The van der Waals surface area contributed by atoms with Crippen LogP contribution in [0.15, 0.2) is 72.9 Å². The van der Waals surface area contributed by atoms with Gasteiger partial charge in [0.15, 0.2) is 12.4 Å². The Morgan fingerprint density at radius 2 is 1.02 bits per heavy atom. The molecule has 0 aliphatic carbocycles. The Balaban J connectivity index is 2.37. The molecule has 0 aromatic carbocycles. The summed E-state index contributed by atoms with van der Waals surface area (Å²) < 4.78 is 22.1. The molecule has 59 heavy (non-hydrogen) atoms. The second kappa shape index (κ2) is 39.3. The summed E-state index contributed by atoms with van der Waals surface area (Å²) in [6.45, 7) is 3.23. The smallest absolute Gasteiger partial charge is 0.306 e. The zero-order valence-corrected chi connectivity index (χ0v) is 36.7. The van der Waals surface area contributed by atoms with Gasteiger partial charge in [0.25, 0.3) is 0 Å². The van der Waals surface area contributed by atoms with Crippen LogP contribution >= 0.6 is 0 Å². The van der Waals surface area contributed by atoms with E-state index in [0.717, 1.165) is 51.4 Å². The van der Waals surface area contributed by atoms with Crippen molar-refractivity contribution in [3.8, 4) is 0 Å². The van der Waals surface area contributed by atoms with Crippen molar-refractivity contribution in [3.63, 3.8) is 0 Å². The number of aliphatic hydroxyl groups is 4. The number of carbonyl (C=O) groups excluding carboxylic acids is 2. The molecule has 2 unspecified atom stereocenters. The highest BCUT2D eigenvalue weighted by Crippen LogP contribution is 2.22. The van der Waals surface area contributed by atoms with Crippen molar-refractivity contribution in [2.75, 3.05) is 19.8 Å². The van der Waals surface area contributed by atoms with E-state index < -0.39 is 55.4 Å². The predicted octanol–water partition coefficient (Wildman–Crippen LogP) is 10.00. The molecule has 0 aromatic heterocycles. The van der Waals surface area contributed by atoms with Crippen LogP contribution in [-0.4, -0.2) is 89.0 Å². The molecular formula is C49H82O10. The Kier molecular flexibility index (Phi) is 36.1. The summed E-state index contributed by atoms with van der Waals surface area (Å²) in [5, 5.41) is 40.1. The predicted molar refractivity (Wildman–Crippen MR) is 238 cm³/mol. The highest BCUT2D eigenvalue weighted by atomic mass is 16.7. The average Bonchev–Trinajstić information content (AvgIpc) is 3.23. The molecule has 0 bridgehead atoms. The topological polar surface area (TPSA) is 152 Å². The third kappa shape index (κ3) is 30.8. The molecule has 1 heterocycles. The first-order valence-electron chi connectivity index (χ1n) is 23.0. The largest absolute Gasteiger partial charge is 0.462 e. The van der Waals surface area contributed by atoms with Gasteiger partial charge < -0.3 is 39.4 Å². The fraction of sp³-hybridized carbons (Fsp3) is 0.714. The van der Waals surface area contributed by atoms with Crippen LogP contribution in [-0.2, 0) is 28.5 Å². The van der Waals surface area contributed by atoms with E-state index in [2.05, 4.69) is 80.7 Å². The number of allylic oxidation sites excluding steroid dienone is 12. The van der Waals surface area contributed by atoms with Crippen molar-refractivity contribution in [1.82, 2.24) is 0 Å². The minimum atomic E-state index is -1.61. The van der Waals surface area contributed by atoms with Crippen LogP contribution in [0.4, 0.5) is 0 Å². The van der Waals surface area contributed by atoms with Gasteiger partial charge in [0.1, 0.15) is 31.0 Å². The Labute approximate surface area is 357 Å². The van der Waals surface area contributed by atoms with Gasteiger partial charge in [0, 0.05) is 12.8 Å². The third-order valence-electron chi connectivity index (χ3n) is 10.1. The molecule has 0 spiro atoms. The fourth-order valence-electron chi connectivity index (χ4n) is 6.45. The molecule has 10 nitrogen and oxygen atoms in total. The lowest BCUT2D eigenvalue weighted by Gasteiger charge is -2.39. The SMILES string of the molecule is CC/C=C/C/C=C/C/C=C/C/C=C/C/C=C/CCCC(=O)O[C@@H](COC(=O)CCCCCCCCCCC/C=C/CCCCCC)CO[C@H]1O[C@@H](CO)[C@@H](O)C(O)C1O. The Hall–Kier alpha value is -2.86. The number of rotatable bonds is 37. The number of aliphatic hydroxyl groups excluding tert-OH is 4. The van der Waals surface area contributed by atoms with Gasteiger partial charge in [-0.2, -0.15) is 0 Å². The van der Waals surface area contributed by atoms with E-state index in [1.54, 1.807) is 0 Å². The van der Waals surface area contributed by atoms with Crippen molar-refractivity contribution >= 4 is 11.9 Å². The van der Waals surface area contributed by atoms with Crippen LogP contribution in [0.25, 0.3) is 0 Å². The van der Waals surface area contributed by atoms with E-state index in [-0.39, 0.29) is 26.1 Å². The molecule has 4 N–H and O–H groups in total. The zero-order chi connectivity index (χ0) is 43.0. The van der Waals surface area contributed by atoms with E-state index >= 15 is 0 Å². The first-order chi connectivity index (χ1) is 28.8. The van der Waals surface area contributed by atoms with Gasteiger partial charge in [-0.3, -0.25) is 9.59 Å². The van der Waals surface area contributed by atoms with Gasteiger partial charge in [0.2, 0.25) is 0 Å². The molecule has 338 valence electrons. The zero-order valence-electron chi connectivity index (χ0n) is 36.7. The summed E-state index contributed by atoms with van der Waals surface area (Å²) in [4.78, 5) is 25.3. The third-order valence-corrected chi connectivity index (χ3v) is 10.1. The molecule has 1 aliphatic rings. The van der Waals surface area contributed by atoms with Gasteiger partial charge in [0.05, 0.1) is 13.2 Å². The summed E-state index contributed by atoms with van der Waals surface area (Å²) in [7, 11) is 0. The van der Waals surface area contributed by atoms with Gasteiger partial charge in [-0.05, 0) is 77.0 Å². The van der Waals surface area contributed by atoms with Crippen molar-refractivity contribution in [2.24, 2.45) is 0 Å². The minimum Gasteiger partial charge on any atom is -0.462 e. The maximum atomic E-state index is 12.8. The van der Waals surface area contributed by atoms with Crippen molar-refractivity contribution < 1.29 is 49.0 Å². The molecule has 0 aromatic rings. The van der Waals surface area contributed by atoms with Crippen LogP contribution in [0.2, 0.25) is 0 Å². The van der Waals surface area contributed by atoms with Crippen LogP contribution in [0.3, 0.4) is 0 Å². The van der Waals surface area contributed by atoms with Crippen molar-refractivity contribution in [1.29, 1.82) is 0 Å². The second-order valence-electron chi connectivity index (χ2n) is 15.5. The summed E-state index contributed by atoms with van der Waals surface area (Å²) >= 11 is 0. The van der Waals surface area contributed by atoms with Crippen molar-refractivity contribution in [3.05, 3.63) is 72.9 Å². The lowest BCUT2D eigenvalue weighted by molar-refractivity contribution is -0.305. The molecule has 1 saturated heterocycles. The molecule has 6 atom stereocenters. The monoisotopic (exact) mass is 831 g/mol. The van der Waals surface area contributed by atoms with Gasteiger partial charge in [-0.25, -0.2) is 0 Å². The molecule has 1 fully saturated rings.